The molecule has 0 atom stereocenters. The van der Waals surface area contributed by atoms with Crippen LogP contribution in [-0.2, 0) is 11.3 Å². The number of nitriles is 1. The van der Waals surface area contributed by atoms with Gasteiger partial charge in [0, 0.05) is 10.6 Å². The molecule has 0 unspecified atom stereocenters. The molecule has 1 amide bonds. The Bertz CT molecular complexity index is 974. The van der Waals surface area contributed by atoms with Crippen molar-refractivity contribution in [2.75, 3.05) is 18.9 Å². The molecular weight excluding hydrogens is 362 g/mol. The highest BCUT2D eigenvalue weighted by atomic mass is 35.5. The molecule has 136 valence electrons. The van der Waals surface area contributed by atoms with Crippen LogP contribution in [0.1, 0.15) is 11.3 Å². The van der Waals surface area contributed by atoms with Crippen LogP contribution in [0.25, 0.3) is 11.3 Å². The third-order valence-corrected chi connectivity index (χ3v) is 4.20. The Balaban J connectivity index is 1.58. The number of benzene rings is 2. The van der Waals surface area contributed by atoms with Gasteiger partial charge in [-0.1, -0.05) is 23.7 Å². The van der Waals surface area contributed by atoms with Crippen molar-refractivity contribution in [2.24, 2.45) is 0 Å². The molecule has 0 saturated carbocycles. The van der Waals surface area contributed by atoms with E-state index in [2.05, 4.69) is 11.4 Å². The van der Waals surface area contributed by atoms with E-state index >= 15 is 0 Å². The van der Waals surface area contributed by atoms with Gasteiger partial charge in [-0.05, 0) is 55.6 Å². The van der Waals surface area contributed by atoms with Crippen molar-refractivity contribution in [3.05, 3.63) is 77.0 Å². The molecule has 1 aromatic heterocycles. The maximum atomic E-state index is 12.2. The number of anilines is 1. The Morgan fingerprint density at radius 2 is 1.89 bits per heavy atom. The summed E-state index contributed by atoms with van der Waals surface area (Å²) in [5.41, 5.74) is 1.90. The van der Waals surface area contributed by atoms with E-state index in [1.165, 1.54) is 0 Å². The van der Waals surface area contributed by atoms with Crippen LogP contribution in [-0.4, -0.2) is 24.4 Å². The first-order chi connectivity index (χ1) is 13.0. The molecule has 0 aliphatic rings. The molecule has 0 radical (unpaired) electrons. The summed E-state index contributed by atoms with van der Waals surface area (Å²) in [5.74, 6) is 1.32. The number of nitrogens with zero attached hydrogens (tertiary/aromatic N) is 2. The standard InChI is InChI=1S/C21H18ClN3O2/c1-25(14-21(26)24-19-5-3-2-4-16(19)12-23)13-18-10-11-20(27-18)15-6-8-17(22)9-7-15/h2-11H,13-14H2,1H3,(H,24,26). The molecule has 1 heterocycles. The number of carbonyl (C=O) groups excluding carboxylic acids is 1. The molecule has 3 aromatic rings. The van der Waals surface area contributed by atoms with Crippen molar-refractivity contribution in [2.45, 2.75) is 6.54 Å². The minimum Gasteiger partial charge on any atom is -0.460 e. The van der Waals surface area contributed by atoms with Crippen LogP contribution >= 0.6 is 11.6 Å². The molecule has 0 spiro atoms. The Morgan fingerprint density at radius 3 is 2.63 bits per heavy atom. The summed E-state index contributed by atoms with van der Waals surface area (Å²) in [7, 11) is 1.83. The molecule has 6 heteroatoms. The maximum Gasteiger partial charge on any atom is 0.238 e. The number of likely N-dealkylation sites (N-methyl/N-ethyl adjacent to an activating group) is 1. The predicted molar refractivity (Wildman–Crippen MR) is 105 cm³/mol. The molecule has 2 aromatic carbocycles. The lowest BCUT2D eigenvalue weighted by Crippen LogP contribution is -2.29. The lowest BCUT2D eigenvalue weighted by molar-refractivity contribution is -0.117. The van der Waals surface area contributed by atoms with Gasteiger partial charge in [0.25, 0.3) is 0 Å². The largest absolute Gasteiger partial charge is 0.460 e. The summed E-state index contributed by atoms with van der Waals surface area (Å²) in [6, 6.07) is 20.2. The number of halogens is 1. The van der Waals surface area contributed by atoms with Gasteiger partial charge in [0.05, 0.1) is 24.3 Å². The Hall–Kier alpha value is -3.07. The van der Waals surface area contributed by atoms with Crippen LogP contribution < -0.4 is 5.32 Å². The number of furan rings is 1. The lowest BCUT2D eigenvalue weighted by atomic mass is 10.2. The van der Waals surface area contributed by atoms with E-state index < -0.39 is 0 Å². The first kappa shape index (κ1) is 18.7. The average Bonchev–Trinajstić information content (AvgIpc) is 3.10. The van der Waals surface area contributed by atoms with Crippen LogP contribution in [0, 0.1) is 11.3 Å². The van der Waals surface area contributed by atoms with Crippen LogP contribution in [0.3, 0.4) is 0 Å². The fourth-order valence-electron chi connectivity index (χ4n) is 2.68. The highest BCUT2D eigenvalue weighted by Gasteiger charge is 2.12. The van der Waals surface area contributed by atoms with Gasteiger partial charge in [0.2, 0.25) is 5.91 Å². The molecule has 0 fully saturated rings. The molecule has 1 N–H and O–H groups in total. The molecular formula is C21H18ClN3O2. The summed E-state index contributed by atoms with van der Waals surface area (Å²) < 4.78 is 5.86. The molecule has 0 aliphatic carbocycles. The molecule has 0 aliphatic heterocycles. The van der Waals surface area contributed by atoms with E-state index in [0.717, 1.165) is 17.1 Å². The molecule has 0 bridgehead atoms. The van der Waals surface area contributed by atoms with Gasteiger partial charge in [-0.25, -0.2) is 0 Å². The number of hydrogen-bond donors (Lipinski definition) is 1. The summed E-state index contributed by atoms with van der Waals surface area (Å²) in [4.78, 5) is 14.1. The van der Waals surface area contributed by atoms with E-state index in [0.29, 0.717) is 22.8 Å². The first-order valence-corrected chi connectivity index (χ1v) is 8.75. The smallest absolute Gasteiger partial charge is 0.238 e. The molecule has 5 nitrogen and oxygen atoms in total. The van der Waals surface area contributed by atoms with Gasteiger partial charge in [-0.15, -0.1) is 0 Å². The summed E-state index contributed by atoms with van der Waals surface area (Å²) in [6.07, 6.45) is 0. The number of carbonyl (C=O) groups is 1. The number of hydrogen-bond acceptors (Lipinski definition) is 4. The summed E-state index contributed by atoms with van der Waals surface area (Å²) >= 11 is 5.91. The fourth-order valence-corrected chi connectivity index (χ4v) is 2.80. The second kappa shape index (κ2) is 8.54. The van der Waals surface area contributed by atoms with E-state index in [1.54, 1.807) is 24.3 Å². The zero-order valence-corrected chi connectivity index (χ0v) is 15.5. The van der Waals surface area contributed by atoms with Gasteiger partial charge >= 0.3 is 0 Å². The molecule has 27 heavy (non-hydrogen) atoms. The van der Waals surface area contributed by atoms with Crippen LogP contribution in [0.2, 0.25) is 5.02 Å². The van der Waals surface area contributed by atoms with Gasteiger partial charge in [0.15, 0.2) is 0 Å². The Kier molecular flexibility index (Phi) is 5.92. The van der Waals surface area contributed by atoms with Gasteiger partial charge < -0.3 is 9.73 Å². The van der Waals surface area contributed by atoms with Crippen molar-refractivity contribution >= 4 is 23.2 Å². The van der Waals surface area contributed by atoms with Crippen molar-refractivity contribution in [3.63, 3.8) is 0 Å². The average molecular weight is 380 g/mol. The van der Waals surface area contributed by atoms with Gasteiger partial charge in [0.1, 0.15) is 17.6 Å². The number of amides is 1. The maximum absolute atomic E-state index is 12.2. The molecule has 3 rings (SSSR count). The van der Waals surface area contributed by atoms with Crippen molar-refractivity contribution in [1.29, 1.82) is 5.26 Å². The van der Waals surface area contributed by atoms with Crippen molar-refractivity contribution < 1.29 is 9.21 Å². The SMILES string of the molecule is CN(CC(=O)Nc1ccccc1C#N)Cc1ccc(-c2ccc(Cl)cc2)o1. The zero-order chi connectivity index (χ0) is 19.2. The summed E-state index contributed by atoms with van der Waals surface area (Å²) in [6.45, 7) is 0.664. The van der Waals surface area contributed by atoms with Crippen LogP contribution in [0.4, 0.5) is 5.69 Å². The van der Waals surface area contributed by atoms with Gasteiger partial charge in [-0.2, -0.15) is 5.26 Å². The number of para-hydroxylation sites is 1. The van der Waals surface area contributed by atoms with E-state index in [-0.39, 0.29) is 12.5 Å². The zero-order valence-electron chi connectivity index (χ0n) is 14.8. The van der Waals surface area contributed by atoms with Crippen molar-refractivity contribution in [1.82, 2.24) is 4.90 Å². The molecule has 0 saturated heterocycles. The van der Waals surface area contributed by atoms with Gasteiger partial charge in [-0.3, -0.25) is 9.69 Å². The first-order valence-electron chi connectivity index (χ1n) is 8.37. The normalized spacial score (nSPS) is 10.6. The van der Waals surface area contributed by atoms with E-state index in [9.17, 15) is 4.79 Å². The highest BCUT2D eigenvalue weighted by molar-refractivity contribution is 6.30. The third-order valence-electron chi connectivity index (χ3n) is 3.95. The third kappa shape index (κ3) is 4.98. The van der Waals surface area contributed by atoms with Crippen LogP contribution in [0.15, 0.2) is 65.1 Å². The lowest BCUT2D eigenvalue weighted by Gasteiger charge is -2.15. The highest BCUT2D eigenvalue weighted by Crippen LogP contribution is 2.24. The van der Waals surface area contributed by atoms with E-state index in [4.69, 9.17) is 21.3 Å². The topological polar surface area (TPSA) is 69.3 Å². The Labute approximate surface area is 162 Å². The van der Waals surface area contributed by atoms with Crippen LogP contribution in [0.5, 0.6) is 0 Å². The second-order valence-electron chi connectivity index (χ2n) is 6.15. The minimum absolute atomic E-state index is 0.177. The number of rotatable bonds is 6. The predicted octanol–water partition coefficient (Wildman–Crippen LogP) is 4.54. The van der Waals surface area contributed by atoms with Crippen molar-refractivity contribution in [3.8, 4) is 17.4 Å². The number of nitrogens with one attached hydrogen (secondary N) is 1. The quantitative estimate of drug-likeness (QED) is 0.682. The Morgan fingerprint density at radius 1 is 1.15 bits per heavy atom. The van der Waals surface area contributed by atoms with E-state index in [1.807, 2.05) is 48.3 Å². The monoisotopic (exact) mass is 379 g/mol. The minimum atomic E-state index is -0.190. The second-order valence-corrected chi connectivity index (χ2v) is 6.59. The summed E-state index contributed by atoms with van der Waals surface area (Å²) in [5, 5.41) is 12.5. The fraction of sp³-hybridized carbons (Fsp3) is 0.143.